The van der Waals surface area contributed by atoms with Crippen LogP contribution in [0.5, 0.6) is 0 Å². The summed E-state index contributed by atoms with van der Waals surface area (Å²) in [4.78, 5) is 17.0. The van der Waals surface area contributed by atoms with Crippen LogP contribution in [0.3, 0.4) is 0 Å². The van der Waals surface area contributed by atoms with Gasteiger partial charge in [-0.25, -0.2) is 17.8 Å². The summed E-state index contributed by atoms with van der Waals surface area (Å²) in [5, 5.41) is 3.05. The number of aryl methyl sites for hydroxylation is 1. The summed E-state index contributed by atoms with van der Waals surface area (Å²) in [6.45, 7) is 0.257. The molecule has 9 heteroatoms. The van der Waals surface area contributed by atoms with E-state index < -0.39 is 15.8 Å². The fourth-order valence-corrected chi connectivity index (χ4v) is 4.86. The zero-order valence-electron chi connectivity index (χ0n) is 14.9. The monoisotopic (exact) mass is 392 g/mol. The highest BCUT2D eigenvalue weighted by Gasteiger charge is 2.43. The standard InChI is InChI=1S/C18H21FN4O3S/c1-22-9-8-20-17(22)16(12-2-3-12)21-18(24)13-10-23(11-13)27(25,26)15-6-4-14(19)5-7-15/h4-9,12-13,16H,2-3,10-11H2,1H3,(H,21,24). The molecule has 2 fully saturated rings. The highest BCUT2D eigenvalue weighted by atomic mass is 32.2. The predicted octanol–water partition coefficient (Wildman–Crippen LogP) is 1.45. The van der Waals surface area contributed by atoms with Crippen LogP contribution in [0.2, 0.25) is 0 Å². The van der Waals surface area contributed by atoms with Gasteiger partial charge >= 0.3 is 0 Å². The minimum Gasteiger partial charge on any atom is -0.346 e. The molecule has 7 nitrogen and oxygen atoms in total. The van der Waals surface area contributed by atoms with Crippen molar-refractivity contribution in [2.24, 2.45) is 18.9 Å². The third-order valence-corrected chi connectivity index (χ3v) is 7.04. The first kappa shape index (κ1) is 18.1. The maximum atomic E-state index is 13.0. The van der Waals surface area contributed by atoms with Gasteiger partial charge in [-0.2, -0.15) is 4.31 Å². The summed E-state index contributed by atoms with van der Waals surface area (Å²) >= 11 is 0. The average Bonchev–Trinajstić information content (AvgIpc) is 3.33. The summed E-state index contributed by atoms with van der Waals surface area (Å²) in [6.07, 6.45) is 5.65. The van der Waals surface area contributed by atoms with Crippen molar-refractivity contribution in [1.82, 2.24) is 19.2 Å². The third kappa shape index (κ3) is 3.49. The average molecular weight is 392 g/mol. The van der Waals surface area contributed by atoms with Crippen molar-refractivity contribution in [3.05, 3.63) is 48.3 Å². The molecule has 2 aromatic rings. The number of sulfonamides is 1. The van der Waals surface area contributed by atoms with Crippen LogP contribution in [0, 0.1) is 17.7 Å². The Morgan fingerprint density at radius 3 is 2.48 bits per heavy atom. The van der Waals surface area contributed by atoms with Crippen molar-refractivity contribution in [2.75, 3.05) is 13.1 Å². The number of aromatic nitrogens is 2. The van der Waals surface area contributed by atoms with Crippen LogP contribution in [-0.4, -0.2) is 41.3 Å². The lowest BCUT2D eigenvalue weighted by Crippen LogP contribution is -2.56. The molecule has 144 valence electrons. The molecular formula is C18H21FN4O3S. The first-order valence-electron chi connectivity index (χ1n) is 8.89. The summed E-state index contributed by atoms with van der Waals surface area (Å²) in [5.41, 5.74) is 0. The number of carbonyl (C=O) groups excluding carboxylic acids is 1. The van der Waals surface area contributed by atoms with Crippen molar-refractivity contribution < 1.29 is 17.6 Å². The van der Waals surface area contributed by atoms with Crippen molar-refractivity contribution in [3.63, 3.8) is 0 Å². The Kier molecular flexibility index (Phi) is 4.51. The molecule has 1 aromatic heterocycles. The van der Waals surface area contributed by atoms with E-state index in [4.69, 9.17) is 0 Å². The fourth-order valence-electron chi connectivity index (χ4n) is 3.33. The normalized spacial score (nSPS) is 19.5. The first-order chi connectivity index (χ1) is 12.9. The number of imidazole rings is 1. The van der Waals surface area contributed by atoms with E-state index in [1.165, 1.54) is 16.4 Å². The molecule has 2 heterocycles. The highest BCUT2D eigenvalue weighted by Crippen LogP contribution is 2.40. The van der Waals surface area contributed by atoms with E-state index in [1.807, 2.05) is 17.8 Å². The summed E-state index contributed by atoms with van der Waals surface area (Å²) < 4.78 is 41.2. The van der Waals surface area contributed by atoms with Crippen LogP contribution in [0.25, 0.3) is 0 Å². The quantitative estimate of drug-likeness (QED) is 0.806. The Morgan fingerprint density at radius 2 is 1.93 bits per heavy atom. The lowest BCUT2D eigenvalue weighted by atomic mass is 10.0. The van der Waals surface area contributed by atoms with E-state index in [-0.39, 0.29) is 35.9 Å². The fraction of sp³-hybridized carbons (Fsp3) is 0.444. The van der Waals surface area contributed by atoms with Gasteiger partial charge in [0, 0.05) is 32.5 Å². The van der Waals surface area contributed by atoms with Gasteiger partial charge in [-0.3, -0.25) is 4.79 Å². The number of hydrogen-bond acceptors (Lipinski definition) is 4. The highest BCUT2D eigenvalue weighted by molar-refractivity contribution is 7.89. The Labute approximate surface area is 157 Å². The number of carbonyl (C=O) groups is 1. The van der Waals surface area contributed by atoms with Gasteiger partial charge in [-0.1, -0.05) is 0 Å². The lowest BCUT2D eigenvalue weighted by Gasteiger charge is -2.37. The van der Waals surface area contributed by atoms with E-state index in [1.54, 1.807) is 6.20 Å². The molecule has 0 spiro atoms. The molecule has 1 unspecified atom stereocenters. The van der Waals surface area contributed by atoms with Crippen LogP contribution in [0.4, 0.5) is 4.39 Å². The Bertz CT molecular complexity index is 947. The summed E-state index contributed by atoms with van der Waals surface area (Å²) in [7, 11) is -1.80. The number of halogens is 1. The largest absolute Gasteiger partial charge is 0.346 e. The van der Waals surface area contributed by atoms with Gasteiger partial charge in [-0.05, 0) is 43.0 Å². The number of hydrogen-bond donors (Lipinski definition) is 1. The van der Waals surface area contributed by atoms with Gasteiger partial charge in [0.1, 0.15) is 11.6 Å². The van der Waals surface area contributed by atoms with Crippen LogP contribution in [-0.2, 0) is 21.9 Å². The van der Waals surface area contributed by atoms with Crippen molar-refractivity contribution in [3.8, 4) is 0 Å². The smallest absolute Gasteiger partial charge is 0.243 e. The Balaban J connectivity index is 1.39. The van der Waals surface area contributed by atoms with E-state index in [2.05, 4.69) is 10.3 Å². The second kappa shape index (κ2) is 6.72. The van der Waals surface area contributed by atoms with Crippen LogP contribution < -0.4 is 5.32 Å². The lowest BCUT2D eigenvalue weighted by molar-refractivity contribution is -0.129. The van der Waals surface area contributed by atoms with Crippen molar-refractivity contribution in [1.29, 1.82) is 0 Å². The molecule has 2 aliphatic rings. The van der Waals surface area contributed by atoms with Gasteiger partial charge in [0.15, 0.2) is 0 Å². The molecule has 1 saturated carbocycles. The van der Waals surface area contributed by atoms with E-state index in [0.29, 0.717) is 5.92 Å². The van der Waals surface area contributed by atoms with Crippen LogP contribution >= 0.6 is 0 Å². The molecular weight excluding hydrogens is 371 g/mol. The van der Waals surface area contributed by atoms with Gasteiger partial charge in [0.2, 0.25) is 15.9 Å². The first-order valence-corrected chi connectivity index (χ1v) is 10.3. The number of nitrogens with zero attached hydrogens (tertiary/aromatic N) is 3. The minimum atomic E-state index is -3.70. The number of nitrogens with one attached hydrogen (secondary N) is 1. The zero-order chi connectivity index (χ0) is 19.2. The van der Waals surface area contributed by atoms with E-state index in [0.717, 1.165) is 30.8 Å². The number of benzene rings is 1. The topological polar surface area (TPSA) is 84.3 Å². The molecule has 4 rings (SSSR count). The Hall–Kier alpha value is -2.26. The molecule has 1 aliphatic heterocycles. The second-order valence-electron chi connectivity index (χ2n) is 7.19. The maximum absolute atomic E-state index is 13.0. The van der Waals surface area contributed by atoms with Gasteiger partial charge < -0.3 is 9.88 Å². The molecule has 27 heavy (non-hydrogen) atoms. The maximum Gasteiger partial charge on any atom is 0.243 e. The SMILES string of the molecule is Cn1ccnc1C(NC(=O)C1CN(S(=O)(=O)c2ccc(F)cc2)C1)C1CC1. The van der Waals surface area contributed by atoms with Gasteiger partial charge in [0.25, 0.3) is 0 Å². The van der Waals surface area contributed by atoms with E-state index >= 15 is 0 Å². The summed E-state index contributed by atoms with van der Waals surface area (Å²) in [5.74, 6) is 0.174. The molecule has 1 atom stereocenters. The zero-order valence-corrected chi connectivity index (χ0v) is 15.7. The molecule has 0 bridgehead atoms. The molecule has 1 amide bonds. The molecule has 1 aromatic carbocycles. The third-order valence-electron chi connectivity index (χ3n) is 5.20. The summed E-state index contributed by atoms with van der Waals surface area (Å²) in [6, 6.07) is 4.57. The van der Waals surface area contributed by atoms with Crippen molar-refractivity contribution in [2.45, 2.75) is 23.8 Å². The van der Waals surface area contributed by atoms with E-state index in [9.17, 15) is 17.6 Å². The molecule has 1 N–H and O–H groups in total. The Morgan fingerprint density at radius 1 is 1.26 bits per heavy atom. The van der Waals surface area contributed by atoms with Gasteiger partial charge in [-0.15, -0.1) is 0 Å². The number of amides is 1. The van der Waals surface area contributed by atoms with Crippen molar-refractivity contribution >= 4 is 15.9 Å². The molecule has 0 radical (unpaired) electrons. The molecule has 1 aliphatic carbocycles. The van der Waals surface area contributed by atoms with Gasteiger partial charge in [0.05, 0.1) is 16.9 Å². The predicted molar refractivity (Wildman–Crippen MR) is 95.5 cm³/mol. The van der Waals surface area contributed by atoms with Crippen LogP contribution in [0.1, 0.15) is 24.7 Å². The molecule has 1 saturated heterocycles. The number of rotatable bonds is 6. The second-order valence-corrected chi connectivity index (χ2v) is 9.13. The minimum absolute atomic E-state index is 0.0339. The van der Waals surface area contributed by atoms with Crippen LogP contribution in [0.15, 0.2) is 41.6 Å².